The summed E-state index contributed by atoms with van der Waals surface area (Å²) in [5, 5.41) is 24.9. The predicted molar refractivity (Wildman–Crippen MR) is 63.1 cm³/mol. The summed E-state index contributed by atoms with van der Waals surface area (Å²) in [6.07, 6.45) is 0.846. The van der Waals surface area contributed by atoms with Gasteiger partial charge >= 0.3 is 0 Å². The number of hydrogen-bond donors (Lipinski definition) is 4. The van der Waals surface area contributed by atoms with Crippen LogP contribution in [0.5, 0.6) is 11.5 Å². The summed E-state index contributed by atoms with van der Waals surface area (Å²) < 4.78 is 0. The third-order valence-corrected chi connectivity index (χ3v) is 3.01. The molecule has 1 heterocycles. The van der Waals surface area contributed by atoms with Crippen LogP contribution in [0.2, 0.25) is 0 Å². The Balaban J connectivity index is 2.17. The molecule has 2 rings (SSSR count). The van der Waals surface area contributed by atoms with Crippen LogP contribution in [0.15, 0.2) is 18.2 Å². The first-order chi connectivity index (χ1) is 8.00. The van der Waals surface area contributed by atoms with Crippen LogP contribution in [0.1, 0.15) is 23.7 Å². The van der Waals surface area contributed by atoms with Crippen molar-refractivity contribution >= 4 is 5.91 Å². The van der Waals surface area contributed by atoms with Crippen molar-refractivity contribution in [2.75, 3.05) is 13.1 Å². The second-order valence-corrected chi connectivity index (χ2v) is 4.64. The van der Waals surface area contributed by atoms with E-state index in [2.05, 4.69) is 10.6 Å². The van der Waals surface area contributed by atoms with Crippen LogP contribution in [-0.4, -0.2) is 34.7 Å². The number of nitrogens with one attached hydrogen (secondary N) is 2. The van der Waals surface area contributed by atoms with Gasteiger partial charge in [0.2, 0.25) is 0 Å². The molecule has 5 heteroatoms. The molecule has 92 valence electrons. The standard InChI is InChI=1S/C12H16N2O3/c1-12(4-5-13-7-12)14-11(17)9-6-8(15)2-3-10(9)16/h2-3,6,13,15-16H,4-5,7H2,1H3,(H,14,17). The van der Waals surface area contributed by atoms with E-state index in [1.807, 2.05) is 6.92 Å². The van der Waals surface area contributed by atoms with Crippen LogP contribution in [0, 0.1) is 0 Å². The van der Waals surface area contributed by atoms with Gasteiger partial charge in [-0.15, -0.1) is 0 Å². The monoisotopic (exact) mass is 236 g/mol. The minimum atomic E-state index is -0.371. The van der Waals surface area contributed by atoms with Gasteiger partial charge in [-0.25, -0.2) is 0 Å². The fraction of sp³-hybridized carbons (Fsp3) is 0.417. The van der Waals surface area contributed by atoms with Crippen LogP contribution in [0.4, 0.5) is 0 Å². The fourth-order valence-corrected chi connectivity index (χ4v) is 1.97. The van der Waals surface area contributed by atoms with Crippen molar-refractivity contribution in [3.63, 3.8) is 0 Å². The maximum Gasteiger partial charge on any atom is 0.255 e. The first kappa shape index (κ1) is 11.7. The van der Waals surface area contributed by atoms with Crippen molar-refractivity contribution in [2.45, 2.75) is 18.9 Å². The number of carbonyl (C=O) groups excluding carboxylic acids is 1. The third-order valence-electron chi connectivity index (χ3n) is 3.01. The highest BCUT2D eigenvalue weighted by Crippen LogP contribution is 2.23. The lowest BCUT2D eigenvalue weighted by atomic mass is 10.0. The van der Waals surface area contributed by atoms with Crippen LogP contribution >= 0.6 is 0 Å². The molecule has 0 aromatic heterocycles. The Hall–Kier alpha value is -1.75. The van der Waals surface area contributed by atoms with Crippen molar-refractivity contribution in [3.8, 4) is 11.5 Å². The predicted octanol–water partition coefficient (Wildman–Crippen LogP) is 0.580. The fourth-order valence-electron chi connectivity index (χ4n) is 1.97. The Bertz CT molecular complexity index is 439. The Labute approximate surface area is 99.5 Å². The largest absolute Gasteiger partial charge is 0.508 e. The minimum absolute atomic E-state index is 0.0392. The molecule has 1 aromatic carbocycles. The van der Waals surface area contributed by atoms with Gasteiger partial charge in [-0.05, 0) is 38.1 Å². The topological polar surface area (TPSA) is 81.6 Å². The summed E-state index contributed by atoms with van der Waals surface area (Å²) in [6.45, 7) is 3.52. The Morgan fingerprint density at radius 2 is 2.24 bits per heavy atom. The number of aromatic hydroxyl groups is 2. The summed E-state index contributed by atoms with van der Waals surface area (Å²) in [6, 6.07) is 3.90. The van der Waals surface area contributed by atoms with Gasteiger partial charge in [0.1, 0.15) is 11.5 Å². The molecule has 1 aliphatic rings. The molecule has 0 saturated carbocycles. The van der Waals surface area contributed by atoms with Gasteiger partial charge in [0.25, 0.3) is 5.91 Å². The third kappa shape index (κ3) is 2.50. The molecule has 1 aromatic rings. The molecule has 1 aliphatic heterocycles. The van der Waals surface area contributed by atoms with Gasteiger partial charge in [0, 0.05) is 6.54 Å². The van der Waals surface area contributed by atoms with E-state index < -0.39 is 0 Å². The second kappa shape index (κ2) is 4.25. The van der Waals surface area contributed by atoms with E-state index in [1.54, 1.807) is 0 Å². The van der Waals surface area contributed by atoms with E-state index in [0.717, 1.165) is 13.0 Å². The van der Waals surface area contributed by atoms with Gasteiger partial charge in [-0.3, -0.25) is 4.79 Å². The van der Waals surface area contributed by atoms with E-state index in [0.29, 0.717) is 6.54 Å². The summed E-state index contributed by atoms with van der Waals surface area (Å²) in [5.74, 6) is -0.540. The molecule has 0 spiro atoms. The molecular weight excluding hydrogens is 220 g/mol. The molecule has 4 N–H and O–H groups in total. The number of rotatable bonds is 2. The van der Waals surface area contributed by atoms with Crippen LogP contribution < -0.4 is 10.6 Å². The zero-order chi connectivity index (χ0) is 12.5. The maximum absolute atomic E-state index is 12.0. The summed E-state index contributed by atoms with van der Waals surface area (Å²) in [5.41, 5.74) is -0.201. The van der Waals surface area contributed by atoms with Crippen molar-refractivity contribution in [3.05, 3.63) is 23.8 Å². The minimum Gasteiger partial charge on any atom is -0.508 e. The van der Waals surface area contributed by atoms with Crippen molar-refractivity contribution < 1.29 is 15.0 Å². The molecule has 1 fully saturated rings. The number of phenolic OH excluding ortho intramolecular Hbond substituents is 2. The van der Waals surface area contributed by atoms with Crippen LogP contribution in [0.3, 0.4) is 0 Å². The SMILES string of the molecule is CC1(NC(=O)c2cc(O)ccc2O)CCNC1. The number of amides is 1. The lowest BCUT2D eigenvalue weighted by Gasteiger charge is -2.24. The van der Waals surface area contributed by atoms with Crippen LogP contribution in [0.25, 0.3) is 0 Å². The molecule has 1 saturated heterocycles. The lowest BCUT2D eigenvalue weighted by Crippen LogP contribution is -2.47. The van der Waals surface area contributed by atoms with E-state index in [9.17, 15) is 15.0 Å². The number of hydrogen-bond acceptors (Lipinski definition) is 4. The van der Waals surface area contributed by atoms with Gasteiger partial charge < -0.3 is 20.8 Å². The summed E-state index contributed by atoms with van der Waals surface area (Å²) in [4.78, 5) is 12.0. The molecule has 1 amide bonds. The number of phenols is 2. The lowest BCUT2D eigenvalue weighted by molar-refractivity contribution is 0.0910. The molecule has 0 radical (unpaired) electrons. The van der Waals surface area contributed by atoms with E-state index in [4.69, 9.17) is 0 Å². The highest BCUT2D eigenvalue weighted by atomic mass is 16.3. The summed E-state index contributed by atoms with van der Waals surface area (Å²) in [7, 11) is 0. The van der Waals surface area contributed by atoms with Gasteiger partial charge in [0.15, 0.2) is 0 Å². The smallest absolute Gasteiger partial charge is 0.255 e. The molecule has 1 atom stereocenters. The molecule has 5 nitrogen and oxygen atoms in total. The quantitative estimate of drug-likeness (QED) is 0.566. The average Bonchev–Trinajstić information content (AvgIpc) is 2.68. The molecule has 1 unspecified atom stereocenters. The first-order valence-electron chi connectivity index (χ1n) is 5.55. The number of carbonyl (C=O) groups is 1. The van der Waals surface area contributed by atoms with E-state index >= 15 is 0 Å². The van der Waals surface area contributed by atoms with Crippen molar-refractivity contribution in [1.82, 2.24) is 10.6 Å². The van der Waals surface area contributed by atoms with Crippen molar-refractivity contribution in [2.24, 2.45) is 0 Å². The van der Waals surface area contributed by atoms with Gasteiger partial charge in [0.05, 0.1) is 11.1 Å². The maximum atomic E-state index is 12.0. The molecular formula is C12H16N2O3. The van der Waals surface area contributed by atoms with Crippen molar-refractivity contribution in [1.29, 1.82) is 0 Å². The van der Waals surface area contributed by atoms with Gasteiger partial charge in [-0.1, -0.05) is 0 Å². The van der Waals surface area contributed by atoms with E-state index in [1.165, 1.54) is 18.2 Å². The number of benzene rings is 1. The molecule has 0 bridgehead atoms. The second-order valence-electron chi connectivity index (χ2n) is 4.64. The van der Waals surface area contributed by atoms with Crippen LogP contribution in [-0.2, 0) is 0 Å². The molecule has 0 aliphatic carbocycles. The van der Waals surface area contributed by atoms with Gasteiger partial charge in [-0.2, -0.15) is 0 Å². The zero-order valence-corrected chi connectivity index (χ0v) is 9.66. The highest BCUT2D eigenvalue weighted by molar-refractivity contribution is 5.97. The first-order valence-corrected chi connectivity index (χ1v) is 5.55. The Morgan fingerprint density at radius 3 is 2.88 bits per heavy atom. The Morgan fingerprint density at radius 1 is 1.47 bits per heavy atom. The normalized spacial score (nSPS) is 23.6. The summed E-state index contributed by atoms with van der Waals surface area (Å²) >= 11 is 0. The molecule has 17 heavy (non-hydrogen) atoms. The Kier molecular flexibility index (Phi) is 2.93. The zero-order valence-electron chi connectivity index (χ0n) is 9.66. The highest BCUT2D eigenvalue weighted by Gasteiger charge is 2.30. The average molecular weight is 236 g/mol. The van der Waals surface area contributed by atoms with E-state index in [-0.39, 0.29) is 28.5 Å².